The number of rotatable bonds is 4. The maximum atomic E-state index is 11.9. The van der Waals surface area contributed by atoms with Gasteiger partial charge in [0.25, 0.3) is 5.91 Å². The maximum absolute atomic E-state index is 11.9. The molecule has 1 amide bonds. The Morgan fingerprint density at radius 3 is 2.65 bits per heavy atom. The Hall–Kier alpha value is -1.55. The Kier molecular flexibility index (Phi) is 4.52. The molecule has 0 bridgehead atoms. The molecule has 1 aromatic carbocycles. The van der Waals surface area contributed by atoms with Crippen molar-refractivity contribution in [3.05, 3.63) is 29.3 Å². The lowest BCUT2D eigenvalue weighted by Gasteiger charge is -2.20. The van der Waals surface area contributed by atoms with Crippen molar-refractivity contribution in [2.24, 2.45) is 0 Å². The molecule has 1 unspecified atom stereocenters. The normalized spacial score (nSPS) is 12.5. The Balaban J connectivity index is 2.64. The summed E-state index contributed by atoms with van der Waals surface area (Å²) >= 11 is 0. The number of nitrogen functional groups attached to an aromatic ring is 1. The van der Waals surface area contributed by atoms with Gasteiger partial charge in [-0.25, -0.2) is 0 Å². The van der Waals surface area contributed by atoms with Crippen LogP contribution >= 0.6 is 0 Å². The number of nitrogens with two attached hydrogens (primary N) is 1. The molecule has 3 N–H and O–H groups in total. The minimum absolute atomic E-state index is 0.0452. The molecule has 0 radical (unpaired) electrons. The molecule has 0 aromatic heterocycles. The van der Waals surface area contributed by atoms with Crippen LogP contribution in [-0.2, 0) is 0 Å². The molecule has 4 heteroatoms. The zero-order valence-corrected chi connectivity index (χ0v) is 10.9. The van der Waals surface area contributed by atoms with Crippen LogP contribution in [0.2, 0.25) is 0 Å². The van der Waals surface area contributed by atoms with E-state index in [-0.39, 0.29) is 5.91 Å². The molecular weight excluding hydrogens is 214 g/mol. The van der Waals surface area contributed by atoms with Gasteiger partial charge in [0.05, 0.1) is 0 Å². The number of benzene rings is 1. The van der Waals surface area contributed by atoms with Crippen LogP contribution in [-0.4, -0.2) is 37.5 Å². The summed E-state index contributed by atoms with van der Waals surface area (Å²) in [7, 11) is 3.98. The number of hydrogen-bond acceptors (Lipinski definition) is 3. The van der Waals surface area contributed by atoms with Gasteiger partial charge in [0.15, 0.2) is 0 Å². The standard InChI is InChI=1S/C13H21N3O/c1-9-7-11(14)5-6-12(9)13(17)15-8-10(2)16(3)4/h5-7,10H,8,14H2,1-4H3,(H,15,17). The number of hydrogen-bond donors (Lipinski definition) is 2. The van der Waals surface area contributed by atoms with Gasteiger partial charge in [-0.1, -0.05) is 0 Å². The fourth-order valence-electron chi connectivity index (χ4n) is 1.46. The highest BCUT2D eigenvalue weighted by Gasteiger charge is 2.11. The van der Waals surface area contributed by atoms with Crippen LogP contribution in [0.1, 0.15) is 22.8 Å². The maximum Gasteiger partial charge on any atom is 0.251 e. The van der Waals surface area contributed by atoms with E-state index < -0.39 is 0 Å². The van der Waals surface area contributed by atoms with Gasteiger partial charge in [0, 0.05) is 23.8 Å². The highest BCUT2D eigenvalue weighted by atomic mass is 16.1. The second-order valence-electron chi connectivity index (χ2n) is 4.60. The molecule has 1 atom stereocenters. The van der Waals surface area contributed by atoms with E-state index in [1.54, 1.807) is 12.1 Å². The van der Waals surface area contributed by atoms with Crippen LogP contribution in [0.25, 0.3) is 0 Å². The van der Waals surface area contributed by atoms with Crippen molar-refractivity contribution in [1.29, 1.82) is 0 Å². The quantitative estimate of drug-likeness (QED) is 0.772. The SMILES string of the molecule is Cc1cc(N)ccc1C(=O)NCC(C)N(C)C. The summed E-state index contributed by atoms with van der Waals surface area (Å²) < 4.78 is 0. The molecule has 1 aromatic rings. The van der Waals surface area contributed by atoms with Crippen molar-refractivity contribution in [3.63, 3.8) is 0 Å². The van der Waals surface area contributed by atoms with Gasteiger partial charge in [-0.05, 0) is 51.7 Å². The summed E-state index contributed by atoms with van der Waals surface area (Å²) in [5, 5.41) is 2.92. The van der Waals surface area contributed by atoms with Crippen molar-refractivity contribution in [2.45, 2.75) is 19.9 Å². The molecule has 1 rings (SSSR count). The summed E-state index contributed by atoms with van der Waals surface area (Å²) in [4.78, 5) is 14.0. The summed E-state index contributed by atoms with van der Waals surface area (Å²) in [6.45, 7) is 4.59. The van der Waals surface area contributed by atoms with Crippen molar-refractivity contribution in [2.75, 3.05) is 26.4 Å². The van der Waals surface area contributed by atoms with E-state index in [0.29, 0.717) is 23.8 Å². The minimum Gasteiger partial charge on any atom is -0.399 e. The molecule has 94 valence electrons. The summed E-state index contributed by atoms with van der Waals surface area (Å²) in [6.07, 6.45) is 0. The Morgan fingerprint density at radius 1 is 1.47 bits per heavy atom. The van der Waals surface area contributed by atoms with E-state index in [2.05, 4.69) is 17.1 Å². The van der Waals surface area contributed by atoms with E-state index in [0.717, 1.165) is 5.56 Å². The molecule has 0 spiro atoms. The molecule has 0 saturated heterocycles. The van der Waals surface area contributed by atoms with E-state index in [1.165, 1.54) is 0 Å². The second kappa shape index (κ2) is 5.68. The average molecular weight is 235 g/mol. The van der Waals surface area contributed by atoms with Crippen molar-refractivity contribution in [3.8, 4) is 0 Å². The Bertz CT molecular complexity index is 402. The third-order valence-electron chi connectivity index (χ3n) is 2.93. The Labute approximate surface area is 103 Å². The number of likely N-dealkylation sites (N-methyl/N-ethyl adjacent to an activating group) is 1. The van der Waals surface area contributed by atoms with Crippen LogP contribution in [0, 0.1) is 6.92 Å². The zero-order valence-electron chi connectivity index (χ0n) is 10.9. The van der Waals surface area contributed by atoms with Gasteiger partial charge in [-0.3, -0.25) is 4.79 Å². The number of carbonyl (C=O) groups excluding carboxylic acids is 1. The Morgan fingerprint density at radius 2 is 2.12 bits per heavy atom. The first-order valence-electron chi connectivity index (χ1n) is 5.72. The number of amides is 1. The summed E-state index contributed by atoms with van der Waals surface area (Å²) in [6, 6.07) is 5.63. The van der Waals surface area contributed by atoms with E-state index in [9.17, 15) is 4.79 Å². The van der Waals surface area contributed by atoms with Gasteiger partial charge in [-0.15, -0.1) is 0 Å². The first-order chi connectivity index (χ1) is 7.91. The molecule has 0 heterocycles. The van der Waals surface area contributed by atoms with Gasteiger partial charge in [0.1, 0.15) is 0 Å². The van der Waals surface area contributed by atoms with Gasteiger partial charge in [0.2, 0.25) is 0 Å². The summed E-state index contributed by atoms with van der Waals surface area (Å²) in [5.41, 5.74) is 7.92. The number of aryl methyl sites for hydroxylation is 1. The van der Waals surface area contributed by atoms with Crippen molar-refractivity contribution in [1.82, 2.24) is 10.2 Å². The predicted molar refractivity (Wildman–Crippen MR) is 71.1 cm³/mol. The van der Waals surface area contributed by atoms with Crippen LogP contribution < -0.4 is 11.1 Å². The molecule has 0 aliphatic rings. The van der Waals surface area contributed by atoms with Crippen LogP contribution in [0.5, 0.6) is 0 Å². The second-order valence-corrected chi connectivity index (χ2v) is 4.60. The lowest BCUT2D eigenvalue weighted by atomic mass is 10.1. The fourth-order valence-corrected chi connectivity index (χ4v) is 1.46. The zero-order chi connectivity index (χ0) is 13.0. The minimum atomic E-state index is -0.0452. The monoisotopic (exact) mass is 235 g/mol. The molecular formula is C13H21N3O. The van der Waals surface area contributed by atoms with Gasteiger partial charge >= 0.3 is 0 Å². The van der Waals surface area contributed by atoms with Crippen LogP contribution in [0.3, 0.4) is 0 Å². The predicted octanol–water partition coefficient (Wildman–Crippen LogP) is 1.26. The summed E-state index contributed by atoms with van der Waals surface area (Å²) in [5.74, 6) is -0.0452. The average Bonchev–Trinajstić information content (AvgIpc) is 2.25. The lowest BCUT2D eigenvalue weighted by Crippen LogP contribution is -2.38. The van der Waals surface area contributed by atoms with Gasteiger partial charge in [-0.2, -0.15) is 0 Å². The van der Waals surface area contributed by atoms with E-state index in [4.69, 9.17) is 5.73 Å². The van der Waals surface area contributed by atoms with Crippen molar-refractivity contribution >= 4 is 11.6 Å². The first-order valence-corrected chi connectivity index (χ1v) is 5.72. The highest BCUT2D eigenvalue weighted by molar-refractivity contribution is 5.96. The molecule has 4 nitrogen and oxygen atoms in total. The van der Waals surface area contributed by atoms with Crippen LogP contribution in [0.15, 0.2) is 18.2 Å². The lowest BCUT2D eigenvalue weighted by molar-refractivity contribution is 0.0943. The van der Waals surface area contributed by atoms with E-state index >= 15 is 0 Å². The number of carbonyl (C=O) groups is 1. The fraction of sp³-hybridized carbons (Fsp3) is 0.462. The van der Waals surface area contributed by atoms with Crippen molar-refractivity contribution < 1.29 is 4.79 Å². The molecule has 17 heavy (non-hydrogen) atoms. The number of nitrogens with zero attached hydrogens (tertiary/aromatic N) is 1. The molecule has 0 aliphatic carbocycles. The topological polar surface area (TPSA) is 58.4 Å². The third-order valence-corrected chi connectivity index (χ3v) is 2.93. The molecule has 0 fully saturated rings. The van der Waals surface area contributed by atoms with Crippen LogP contribution in [0.4, 0.5) is 5.69 Å². The number of nitrogens with one attached hydrogen (secondary N) is 1. The highest BCUT2D eigenvalue weighted by Crippen LogP contribution is 2.12. The largest absolute Gasteiger partial charge is 0.399 e. The first kappa shape index (κ1) is 13.5. The smallest absolute Gasteiger partial charge is 0.251 e. The molecule has 0 aliphatic heterocycles. The van der Waals surface area contributed by atoms with E-state index in [1.807, 2.05) is 27.1 Å². The van der Waals surface area contributed by atoms with Gasteiger partial charge < -0.3 is 16.0 Å². The third kappa shape index (κ3) is 3.75. The number of anilines is 1. The molecule has 0 saturated carbocycles.